The molecule has 5 aromatic rings. The first kappa shape index (κ1) is 28.9. The Morgan fingerprint density at radius 3 is 1.70 bits per heavy atom. The van der Waals surface area contributed by atoms with Gasteiger partial charge >= 0.3 is 12.1 Å². The lowest BCUT2D eigenvalue weighted by atomic mass is 9.76. The van der Waals surface area contributed by atoms with E-state index in [0.717, 1.165) is 44.5 Å². The van der Waals surface area contributed by atoms with Crippen LogP contribution in [0.1, 0.15) is 39.3 Å². The van der Waals surface area contributed by atoms with E-state index in [9.17, 15) is 14.7 Å². The van der Waals surface area contributed by atoms with Gasteiger partial charge in [0.15, 0.2) is 0 Å². The normalized spacial score (nSPS) is 13.0. The highest BCUT2D eigenvalue weighted by molar-refractivity contribution is 5.81. The molecule has 6 rings (SSSR count). The van der Waals surface area contributed by atoms with Gasteiger partial charge in [-0.3, -0.25) is 5.32 Å². The lowest BCUT2D eigenvalue weighted by molar-refractivity contribution is -0.139. The first-order valence-corrected chi connectivity index (χ1v) is 14.7. The molecule has 1 aliphatic carbocycles. The fourth-order valence-corrected chi connectivity index (χ4v) is 6.22. The summed E-state index contributed by atoms with van der Waals surface area (Å²) in [6.07, 6.45) is -0.776. The molecule has 0 heterocycles. The van der Waals surface area contributed by atoms with E-state index in [4.69, 9.17) is 4.74 Å². The van der Waals surface area contributed by atoms with Crippen LogP contribution in [-0.4, -0.2) is 36.4 Å². The second kappa shape index (κ2) is 12.6. The minimum absolute atomic E-state index is 0.0583. The van der Waals surface area contributed by atoms with Crippen molar-refractivity contribution in [1.29, 1.82) is 0 Å². The molecule has 0 saturated heterocycles. The zero-order valence-electron chi connectivity index (χ0n) is 24.4. The van der Waals surface area contributed by atoms with Crippen LogP contribution in [0.15, 0.2) is 133 Å². The molecule has 1 aliphatic rings. The number of carbonyl (C=O) groups is 2. The van der Waals surface area contributed by atoms with E-state index in [1.54, 1.807) is 0 Å². The molecular weight excluding hydrogens is 548 g/mol. The van der Waals surface area contributed by atoms with Crippen LogP contribution < -0.4 is 10.6 Å². The molecule has 0 aromatic heterocycles. The van der Waals surface area contributed by atoms with Crippen LogP contribution in [0.3, 0.4) is 0 Å². The molecule has 44 heavy (non-hydrogen) atoms. The second-order valence-electron chi connectivity index (χ2n) is 11.1. The topological polar surface area (TPSA) is 87.7 Å². The van der Waals surface area contributed by atoms with Crippen molar-refractivity contribution >= 4 is 12.1 Å². The highest BCUT2D eigenvalue weighted by Gasteiger charge is 2.38. The van der Waals surface area contributed by atoms with Crippen LogP contribution in [0.25, 0.3) is 11.1 Å². The maximum Gasteiger partial charge on any atom is 0.407 e. The van der Waals surface area contributed by atoms with Gasteiger partial charge in [0.25, 0.3) is 0 Å². The van der Waals surface area contributed by atoms with E-state index in [0.29, 0.717) is 0 Å². The number of fused-ring (bicyclic) bond motifs is 3. The zero-order chi connectivity index (χ0) is 30.5. The molecular formula is C38H34N2O4. The van der Waals surface area contributed by atoms with Gasteiger partial charge in [-0.05, 0) is 45.9 Å². The molecule has 0 radical (unpaired) electrons. The molecule has 3 N–H and O–H groups in total. The van der Waals surface area contributed by atoms with E-state index in [2.05, 4.69) is 34.9 Å². The van der Waals surface area contributed by atoms with Crippen molar-refractivity contribution < 1.29 is 19.4 Å². The Morgan fingerprint density at radius 2 is 1.18 bits per heavy atom. The Kier molecular flexibility index (Phi) is 8.26. The summed E-state index contributed by atoms with van der Waals surface area (Å²) in [6.45, 7) is 2.07. The summed E-state index contributed by atoms with van der Waals surface area (Å²) in [6, 6.07) is 43.0. The number of alkyl carbamates (subject to hydrolysis) is 1. The number of carboxylic acid groups (broad SMARTS) is 1. The van der Waals surface area contributed by atoms with E-state index in [1.165, 1.54) is 0 Å². The van der Waals surface area contributed by atoms with Crippen molar-refractivity contribution in [3.05, 3.63) is 167 Å². The van der Waals surface area contributed by atoms with Gasteiger partial charge in [0.1, 0.15) is 12.6 Å². The van der Waals surface area contributed by atoms with E-state index < -0.39 is 23.6 Å². The molecule has 0 bridgehead atoms. The third-order valence-corrected chi connectivity index (χ3v) is 8.40. The van der Waals surface area contributed by atoms with E-state index in [1.807, 2.05) is 116 Å². The standard InChI is InChI=1S/C38H34N2O4/c1-26-20-22-29(23-21-26)38(27-12-4-2-5-13-27,28-14-6-3-7-15-28)39-24-35(36(41)42)40-37(43)44-25-34-32-18-10-8-16-30(32)31-17-9-11-19-33(31)34/h2-23,34-35,39H,24-25H2,1H3,(H,40,43)(H,41,42). The third kappa shape index (κ3) is 5.60. The van der Waals surface area contributed by atoms with Gasteiger partial charge in [0.05, 0.1) is 5.54 Å². The molecule has 0 fully saturated rings. The fraction of sp³-hybridized carbons (Fsp3) is 0.158. The maximum absolute atomic E-state index is 13.1. The monoisotopic (exact) mass is 582 g/mol. The van der Waals surface area contributed by atoms with Gasteiger partial charge < -0.3 is 15.2 Å². The Balaban J connectivity index is 1.24. The van der Waals surface area contributed by atoms with Crippen molar-refractivity contribution in [2.24, 2.45) is 0 Å². The predicted octanol–water partition coefficient (Wildman–Crippen LogP) is 6.87. The molecule has 5 aromatic carbocycles. The summed E-state index contributed by atoms with van der Waals surface area (Å²) in [5.74, 6) is -1.29. The molecule has 0 spiro atoms. The van der Waals surface area contributed by atoms with Gasteiger partial charge in [0, 0.05) is 12.5 Å². The number of hydrogen-bond donors (Lipinski definition) is 3. The van der Waals surface area contributed by atoms with Crippen LogP contribution in [-0.2, 0) is 15.1 Å². The number of hydrogen-bond acceptors (Lipinski definition) is 4. The summed E-state index contributed by atoms with van der Waals surface area (Å²) in [5, 5.41) is 16.4. The highest BCUT2D eigenvalue weighted by Crippen LogP contribution is 2.44. The summed E-state index contributed by atoms with van der Waals surface area (Å²) >= 11 is 0. The quantitative estimate of drug-likeness (QED) is 0.157. The molecule has 0 saturated carbocycles. The molecule has 1 amide bonds. The molecule has 220 valence electrons. The second-order valence-corrected chi connectivity index (χ2v) is 11.1. The van der Waals surface area contributed by atoms with Crippen LogP contribution >= 0.6 is 0 Å². The van der Waals surface area contributed by atoms with E-state index in [-0.39, 0.29) is 19.1 Å². The summed E-state index contributed by atoms with van der Waals surface area (Å²) < 4.78 is 5.68. The number of aryl methyl sites for hydroxylation is 1. The van der Waals surface area contributed by atoms with Crippen molar-refractivity contribution in [2.75, 3.05) is 13.2 Å². The van der Waals surface area contributed by atoms with Gasteiger partial charge in [-0.15, -0.1) is 0 Å². The van der Waals surface area contributed by atoms with Gasteiger partial charge in [-0.1, -0.05) is 139 Å². The Bertz CT molecular complexity index is 1670. The average Bonchev–Trinajstić information content (AvgIpc) is 3.38. The molecule has 1 atom stereocenters. The highest BCUT2D eigenvalue weighted by atomic mass is 16.5. The minimum atomic E-state index is -1.25. The first-order chi connectivity index (χ1) is 21.5. The van der Waals surface area contributed by atoms with Crippen molar-refractivity contribution in [2.45, 2.75) is 24.4 Å². The molecule has 1 unspecified atom stereocenters. The van der Waals surface area contributed by atoms with Gasteiger partial charge in [-0.2, -0.15) is 0 Å². The number of carbonyl (C=O) groups excluding carboxylic acids is 1. The number of rotatable bonds is 10. The number of ether oxygens (including phenoxy) is 1. The van der Waals surface area contributed by atoms with Crippen molar-refractivity contribution in [1.82, 2.24) is 10.6 Å². The summed E-state index contributed by atoms with van der Waals surface area (Å²) in [4.78, 5) is 25.6. The lowest BCUT2D eigenvalue weighted by Gasteiger charge is -2.38. The Hall–Kier alpha value is -5.20. The fourth-order valence-electron chi connectivity index (χ4n) is 6.22. The third-order valence-electron chi connectivity index (χ3n) is 8.40. The number of aliphatic carboxylic acids is 1. The molecule has 6 heteroatoms. The lowest BCUT2D eigenvalue weighted by Crippen LogP contribution is -2.54. The Morgan fingerprint density at radius 1 is 0.705 bits per heavy atom. The number of amides is 1. The Labute approximate surface area is 257 Å². The van der Waals surface area contributed by atoms with Gasteiger partial charge in [-0.25, -0.2) is 9.59 Å². The summed E-state index contributed by atoms with van der Waals surface area (Å²) in [5.41, 5.74) is 7.50. The van der Waals surface area contributed by atoms with Crippen LogP contribution in [0, 0.1) is 6.92 Å². The number of nitrogens with one attached hydrogen (secondary N) is 2. The van der Waals surface area contributed by atoms with Gasteiger partial charge in [0.2, 0.25) is 0 Å². The van der Waals surface area contributed by atoms with Crippen LogP contribution in [0.5, 0.6) is 0 Å². The summed E-state index contributed by atoms with van der Waals surface area (Å²) in [7, 11) is 0. The smallest absolute Gasteiger partial charge is 0.407 e. The number of benzene rings is 5. The van der Waals surface area contributed by atoms with Crippen LogP contribution in [0.2, 0.25) is 0 Å². The molecule has 6 nitrogen and oxygen atoms in total. The average molecular weight is 583 g/mol. The largest absolute Gasteiger partial charge is 0.480 e. The van der Waals surface area contributed by atoms with Crippen molar-refractivity contribution in [3.63, 3.8) is 0 Å². The first-order valence-electron chi connectivity index (χ1n) is 14.7. The zero-order valence-corrected chi connectivity index (χ0v) is 24.4. The SMILES string of the molecule is Cc1ccc(C(NCC(NC(=O)OCC2c3ccccc3-c3ccccc32)C(=O)O)(c2ccccc2)c2ccccc2)cc1. The maximum atomic E-state index is 13.1. The van der Waals surface area contributed by atoms with Crippen LogP contribution in [0.4, 0.5) is 4.79 Å². The van der Waals surface area contributed by atoms with Crippen molar-refractivity contribution in [3.8, 4) is 11.1 Å². The number of carboxylic acids is 1. The van der Waals surface area contributed by atoms with E-state index >= 15 is 0 Å². The molecule has 0 aliphatic heterocycles. The minimum Gasteiger partial charge on any atom is -0.480 e. The predicted molar refractivity (Wildman–Crippen MR) is 172 cm³/mol.